The number of rotatable bonds is 4. The van der Waals surface area contributed by atoms with Gasteiger partial charge in [-0.3, -0.25) is 9.59 Å². The summed E-state index contributed by atoms with van der Waals surface area (Å²) in [6.07, 6.45) is -3.76. The fourth-order valence-electron chi connectivity index (χ4n) is 4.50. The van der Waals surface area contributed by atoms with Gasteiger partial charge in [-0.1, -0.05) is 37.3 Å². The second kappa shape index (κ2) is 7.90. The van der Waals surface area contributed by atoms with E-state index in [1.165, 1.54) is 24.3 Å². The highest BCUT2D eigenvalue weighted by Crippen LogP contribution is 2.44. The molecule has 0 radical (unpaired) electrons. The van der Waals surface area contributed by atoms with Gasteiger partial charge in [0.05, 0.1) is 12.3 Å². The van der Waals surface area contributed by atoms with Crippen LogP contribution >= 0.6 is 0 Å². The van der Waals surface area contributed by atoms with Gasteiger partial charge in [0.15, 0.2) is 0 Å². The molecule has 2 aromatic carbocycles. The van der Waals surface area contributed by atoms with Crippen LogP contribution in [0.4, 0.5) is 18.9 Å². The first-order valence-electron chi connectivity index (χ1n) is 10.1. The first-order chi connectivity index (χ1) is 14.6. The minimum atomic E-state index is -4.76. The van der Waals surface area contributed by atoms with E-state index in [1.54, 1.807) is 9.80 Å². The van der Waals surface area contributed by atoms with Crippen molar-refractivity contribution in [3.05, 3.63) is 60.2 Å². The van der Waals surface area contributed by atoms with Crippen LogP contribution in [0.1, 0.15) is 18.9 Å². The lowest BCUT2D eigenvalue weighted by atomic mass is 9.73. The lowest BCUT2D eigenvalue weighted by Crippen LogP contribution is -2.50. The maximum Gasteiger partial charge on any atom is 0.573 e. The van der Waals surface area contributed by atoms with E-state index in [-0.39, 0.29) is 28.9 Å². The van der Waals surface area contributed by atoms with Crippen LogP contribution in [0.3, 0.4) is 0 Å². The molecule has 4 rings (SSSR count). The van der Waals surface area contributed by atoms with E-state index in [1.807, 2.05) is 37.3 Å². The highest BCUT2D eigenvalue weighted by Gasteiger charge is 2.52. The topological polar surface area (TPSA) is 49.9 Å². The van der Waals surface area contributed by atoms with Gasteiger partial charge >= 0.3 is 6.36 Å². The van der Waals surface area contributed by atoms with E-state index in [2.05, 4.69) is 4.74 Å². The van der Waals surface area contributed by atoms with Gasteiger partial charge in [0.25, 0.3) is 0 Å². The van der Waals surface area contributed by atoms with Crippen LogP contribution in [-0.2, 0) is 16.0 Å². The Morgan fingerprint density at radius 3 is 2.45 bits per heavy atom. The van der Waals surface area contributed by atoms with Crippen molar-refractivity contribution in [2.24, 2.45) is 11.3 Å². The molecule has 2 aromatic rings. The number of carbonyl (C=O) groups excluding carboxylic acids is 2. The molecule has 0 saturated carbocycles. The van der Waals surface area contributed by atoms with E-state index in [0.717, 1.165) is 5.56 Å². The molecule has 0 N–H and O–H groups in total. The first-order valence-corrected chi connectivity index (χ1v) is 10.1. The van der Waals surface area contributed by atoms with E-state index < -0.39 is 6.36 Å². The lowest BCUT2D eigenvalue weighted by Gasteiger charge is -2.40. The summed E-state index contributed by atoms with van der Waals surface area (Å²) >= 11 is 0. The van der Waals surface area contributed by atoms with Crippen molar-refractivity contribution in [2.75, 3.05) is 24.5 Å². The summed E-state index contributed by atoms with van der Waals surface area (Å²) in [7, 11) is 0. The lowest BCUT2D eigenvalue weighted by molar-refractivity contribution is -0.274. The number of anilines is 1. The van der Waals surface area contributed by atoms with Gasteiger partial charge in [0.1, 0.15) is 5.75 Å². The van der Waals surface area contributed by atoms with Crippen LogP contribution in [0, 0.1) is 11.3 Å². The SMILES string of the molecule is CC12CCN(c3ccc(OC(F)(F)F)cc3)C(=O)C1CN(C(=O)Cc1ccccc1)C2. The Kier molecular flexibility index (Phi) is 5.41. The quantitative estimate of drug-likeness (QED) is 0.733. The second-order valence-corrected chi connectivity index (χ2v) is 8.42. The maximum atomic E-state index is 13.2. The minimum absolute atomic E-state index is 0.00479. The number of nitrogens with zero attached hydrogens (tertiary/aromatic N) is 2. The minimum Gasteiger partial charge on any atom is -0.406 e. The smallest absolute Gasteiger partial charge is 0.406 e. The van der Waals surface area contributed by atoms with Crippen molar-refractivity contribution in [3.8, 4) is 5.75 Å². The number of ether oxygens (including phenoxy) is 1. The molecular weight excluding hydrogens is 409 g/mol. The maximum absolute atomic E-state index is 13.2. The number of fused-ring (bicyclic) bond motifs is 1. The summed E-state index contributed by atoms with van der Waals surface area (Å²) in [4.78, 5) is 29.4. The fraction of sp³-hybridized carbons (Fsp3) is 0.391. The summed E-state index contributed by atoms with van der Waals surface area (Å²) in [5.74, 6) is -0.778. The number of carbonyl (C=O) groups is 2. The van der Waals surface area contributed by atoms with E-state index >= 15 is 0 Å². The van der Waals surface area contributed by atoms with Crippen LogP contribution in [0.2, 0.25) is 0 Å². The average molecular weight is 432 g/mol. The fourth-order valence-corrected chi connectivity index (χ4v) is 4.50. The Labute approximate surface area is 178 Å². The molecule has 2 atom stereocenters. The van der Waals surface area contributed by atoms with Crippen molar-refractivity contribution in [1.29, 1.82) is 0 Å². The van der Waals surface area contributed by atoms with Crippen LogP contribution in [0.5, 0.6) is 5.75 Å². The molecule has 8 heteroatoms. The Morgan fingerprint density at radius 1 is 1.13 bits per heavy atom. The normalized spacial score (nSPS) is 23.6. The predicted octanol–water partition coefficient (Wildman–Crippen LogP) is 4.03. The molecule has 2 aliphatic rings. The number of benzene rings is 2. The van der Waals surface area contributed by atoms with E-state index in [0.29, 0.717) is 38.2 Å². The zero-order chi connectivity index (χ0) is 22.2. The number of halogens is 3. The number of piperidine rings is 1. The molecule has 2 aliphatic heterocycles. The summed E-state index contributed by atoms with van der Waals surface area (Å²) < 4.78 is 41.0. The van der Waals surface area contributed by atoms with Gasteiger partial charge in [-0.05, 0) is 36.2 Å². The molecule has 2 heterocycles. The van der Waals surface area contributed by atoms with Crippen molar-refractivity contribution in [1.82, 2.24) is 4.90 Å². The number of hydrogen-bond donors (Lipinski definition) is 0. The van der Waals surface area contributed by atoms with Crippen LogP contribution < -0.4 is 9.64 Å². The second-order valence-electron chi connectivity index (χ2n) is 8.42. The molecule has 2 amide bonds. The first kappa shape index (κ1) is 21.2. The summed E-state index contributed by atoms with van der Waals surface area (Å²) in [6, 6.07) is 14.8. The molecule has 164 valence electrons. The predicted molar refractivity (Wildman–Crippen MR) is 108 cm³/mol. The largest absolute Gasteiger partial charge is 0.573 e. The molecule has 2 unspecified atom stereocenters. The number of amides is 2. The average Bonchev–Trinajstić information content (AvgIpc) is 3.08. The third kappa shape index (κ3) is 4.52. The Balaban J connectivity index is 1.45. The van der Waals surface area contributed by atoms with Crippen LogP contribution in [0.25, 0.3) is 0 Å². The van der Waals surface area contributed by atoms with Crippen LogP contribution in [-0.4, -0.2) is 42.7 Å². The Hall–Kier alpha value is -3.03. The van der Waals surface area contributed by atoms with E-state index in [9.17, 15) is 22.8 Å². The van der Waals surface area contributed by atoms with Gasteiger partial charge in [-0.2, -0.15) is 0 Å². The highest BCUT2D eigenvalue weighted by atomic mass is 19.4. The summed E-state index contributed by atoms with van der Waals surface area (Å²) in [5.41, 5.74) is 1.15. The number of likely N-dealkylation sites (tertiary alicyclic amines) is 1. The zero-order valence-corrected chi connectivity index (χ0v) is 17.1. The van der Waals surface area contributed by atoms with Gasteiger partial charge in [-0.15, -0.1) is 13.2 Å². The zero-order valence-electron chi connectivity index (χ0n) is 17.1. The van der Waals surface area contributed by atoms with Gasteiger partial charge < -0.3 is 14.5 Å². The molecule has 0 spiro atoms. The summed E-state index contributed by atoms with van der Waals surface area (Å²) in [6.45, 7) is 3.36. The van der Waals surface area contributed by atoms with Gasteiger partial charge in [0, 0.05) is 30.7 Å². The third-order valence-electron chi connectivity index (χ3n) is 6.20. The van der Waals surface area contributed by atoms with Crippen molar-refractivity contribution in [3.63, 3.8) is 0 Å². The Bertz CT molecular complexity index is 962. The highest BCUT2D eigenvalue weighted by molar-refractivity contribution is 5.97. The molecule has 0 bridgehead atoms. The molecule has 5 nitrogen and oxygen atoms in total. The molecule has 2 fully saturated rings. The van der Waals surface area contributed by atoms with Crippen molar-refractivity contribution in [2.45, 2.75) is 26.1 Å². The van der Waals surface area contributed by atoms with Gasteiger partial charge in [0.2, 0.25) is 11.8 Å². The van der Waals surface area contributed by atoms with Crippen molar-refractivity contribution >= 4 is 17.5 Å². The standard InChI is InChI=1S/C23H23F3N2O3/c1-22-11-12-28(17-7-9-18(10-8-17)31-23(24,25)26)21(30)19(22)14-27(15-22)20(29)13-16-5-3-2-4-6-16/h2-10,19H,11-15H2,1H3. The molecule has 0 aliphatic carbocycles. The molecular formula is C23H23F3N2O3. The monoisotopic (exact) mass is 432 g/mol. The van der Waals surface area contributed by atoms with Crippen molar-refractivity contribution < 1.29 is 27.5 Å². The molecule has 31 heavy (non-hydrogen) atoms. The molecule has 0 aromatic heterocycles. The Morgan fingerprint density at radius 2 is 1.81 bits per heavy atom. The van der Waals surface area contributed by atoms with E-state index in [4.69, 9.17) is 0 Å². The number of alkyl halides is 3. The van der Waals surface area contributed by atoms with Crippen LogP contribution in [0.15, 0.2) is 54.6 Å². The summed E-state index contributed by atoms with van der Waals surface area (Å²) in [5, 5.41) is 0. The van der Waals surface area contributed by atoms with Gasteiger partial charge in [-0.25, -0.2) is 0 Å². The molecule has 2 saturated heterocycles. The number of hydrogen-bond acceptors (Lipinski definition) is 3. The third-order valence-corrected chi connectivity index (χ3v) is 6.20.